The Labute approximate surface area is 155 Å². The fourth-order valence-corrected chi connectivity index (χ4v) is 7.26. The van der Waals surface area contributed by atoms with Gasteiger partial charge in [0, 0.05) is 17.0 Å². The molecule has 6 rings (SSSR count). The largest absolute Gasteiger partial charge is 0.493 e. The third kappa shape index (κ3) is 1.39. The van der Waals surface area contributed by atoms with Crippen molar-refractivity contribution in [2.24, 2.45) is 11.8 Å². The molecule has 2 bridgehead atoms. The van der Waals surface area contributed by atoms with E-state index in [4.69, 9.17) is 14.2 Å². The van der Waals surface area contributed by atoms with Gasteiger partial charge in [-0.3, -0.25) is 4.90 Å². The van der Waals surface area contributed by atoms with Crippen LogP contribution in [0, 0.1) is 11.8 Å². The third-order valence-corrected chi connectivity index (χ3v) is 8.32. The highest BCUT2D eigenvalue weighted by Gasteiger charge is 2.79. The van der Waals surface area contributed by atoms with Crippen molar-refractivity contribution < 1.29 is 14.2 Å². The van der Waals surface area contributed by atoms with Crippen LogP contribution in [-0.4, -0.2) is 49.5 Å². The Morgan fingerprint density at radius 3 is 2.88 bits per heavy atom. The van der Waals surface area contributed by atoms with Crippen molar-refractivity contribution in [1.29, 1.82) is 0 Å². The van der Waals surface area contributed by atoms with Crippen LogP contribution >= 0.6 is 0 Å². The summed E-state index contributed by atoms with van der Waals surface area (Å²) in [5.41, 5.74) is 3.89. The van der Waals surface area contributed by atoms with Crippen molar-refractivity contribution >= 4 is 5.57 Å². The number of methoxy groups -OCH3 is 1. The fraction of sp³-hybridized carbons (Fsp3) is 0.636. The Bertz CT molecular complexity index is 850. The van der Waals surface area contributed by atoms with E-state index in [9.17, 15) is 0 Å². The van der Waals surface area contributed by atoms with E-state index < -0.39 is 0 Å². The first kappa shape index (κ1) is 15.5. The van der Waals surface area contributed by atoms with Gasteiger partial charge in [0.1, 0.15) is 12.2 Å². The molecule has 3 fully saturated rings. The van der Waals surface area contributed by atoms with E-state index in [0.29, 0.717) is 17.9 Å². The van der Waals surface area contributed by atoms with Crippen LogP contribution in [0.4, 0.5) is 0 Å². The molecule has 0 unspecified atom stereocenters. The van der Waals surface area contributed by atoms with Gasteiger partial charge in [-0.25, -0.2) is 0 Å². The molecule has 3 aliphatic heterocycles. The summed E-state index contributed by atoms with van der Waals surface area (Å²) in [6.45, 7) is 10.3. The Kier molecular flexibility index (Phi) is 2.67. The average molecular weight is 353 g/mol. The number of ether oxygens (including phenoxy) is 3. The lowest BCUT2D eigenvalue weighted by Crippen LogP contribution is -2.68. The van der Waals surface area contributed by atoms with Crippen LogP contribution in [-0.2, 0) is 10.2 Å². The molecule has 1 aromatic rings. The summed E-state index contributed by atoms with van der Waals surface area (Å²) in [5, 5.41) is 0. The summed E-state index contributed by atoms with van der Waals surface area (Å²) >= 11 is 0. The van der Waals surface area contributed by atoms with Crippen molar-refractivity contribution in [3.63, 3.8) is 0 Å². The zero-order valence-electron chi connectivity index (χ0n) is 16.0. The molecular weight excluding hydrogens is 326 g/mol. The van der Waals surface area contributed by atoms with E-state index in [-0.39, 0.29) is 23.2 Å². The van der Waals surface area contributed by atoms with Crippen LogP contribution in [0.5, 0.6) is 11.5 Å². The van der Waals surface area contributed by atoms with Gasteiger partial charge >= 0.3 is 0 Å². The number of likely N-dealkylation sites (N-methyl/N-ethyl adjacent to an activating group) is 1. The molecule has 0 amide bonds. The van der Waals surface area contributed by atoms with Gasteiger partial charge in [0.05, 0.1) is 12.7 Å². The van der Waals surface area contributed by atoms with Gasteiger partial charge in [-0.15, -0.1) is 0 Å². The molecule has 7 atom stereocenters. The van der Waals surface area contributed by atoms with Gasteiger partial charge < -0.3 is 14.2 Å². The van der Waals surface area contributed by atoms with Crippen LogP contribution in [0.2, 0.25) is 0 Å². The first-order valence-corrected chi connectivity index (χ1v) is 9.94. The summed E-state index contributed by atoms with van der Waals surface area (Å²) in [7, 11) is 4.00. The summed E-state index contributed by atoms with van der Waals surface area (Å²) < 4.78 is 18.8. The van der Waals surface area contributed by atoms with Crippen molar-refractivity contribution in [3.8, 4) is 11.5 Å². The summed E-state index contributed by atoms with van der Waals surface area (Å²) in [4.78, 5) is 2.52. The van der Waals surface area contributed by atoms with E-state index in [1.165, 1.54) is 16.7 Å². The molecule has 26 heavy (non-hydrogen) atoms. The van der Waals surface area contributed by atoms with Gasteiger partial charge in [0.15, 0.2) is 11.5 Å². The van der Waals surface area contributed by atoms with E-state index in [1.807, 2.05) is 6.07 Å². The van der Waals surface area contributed by atoms with Crippen molar-refractivity contribution in [2.45, 2.75) is 56.0 Å². The molecule has 1 saturated carbocycles. The highest BCUT2D eigenvalue weighted by Crippen LogP contribution is 2.72. The van der Waals surface area contributed by atoms with Crippen LogP contribution in [0.1, 0.15) is 37.8 Å². The third-order valence-electron chi connectivity index (χ3n) is 8.32. The number of nitrogens with zero attached hydrogens (tertiary/aromatic N) is 1. The number of fused-ring (bicyclic) bond motifs is 2. The monoisotopic (exact) mass is 353 g/mol. The lowest BCUT2D eigenvalue weighted by molar-refractivity contribution is -0.0526. The molecule has 3 heterocycles. The Morgan fingerprint density at radius 2 is 2.15 bits per heavy atom. The molecule has 5 aliphatic rings. The quantitative estimate of drug-likeness (QED) is 0.765. The Hall–Kier alpha value is -1.52. The number of likely N-dealkylation sites (tertiary alicyclic amines) is 1. The molecule has 2 aliphatic carbocycles. The highest BCUT2D eigenvalue weighted by molar-refractivity contribution is 5.80. The van der Waals surface area contributed by atoms with E-state index in [1.54, 1.807) is 7.11 Å². The Morgan fingerprint density at radius 1 is 1.35 bits per heavy atom. The first-order valence-electron chi connectivity index (χ1n) is 9.94. The van der Waals surface area contributed by atoms with Crippen molar-refractivity contribution in [3.05, 3.63) is 29.8 Å². The number of epoxide rings is 1. The van der Waals surface area contributed by atoms with E-state index >= 15 is 0 Å². The minimum absolute atomic E-state index is 0.0406. The number of rotatable bonds is 2. The Balaban J connectivity index is 1.69. The second-order valence-electron chi connectivity index (χ2n) is 9.06. The smallest absolute Gasteiger partial charge is 0.166 e. The lowest BCUT2D eigenvalue weighted by Gasteiger charge is -2.60. The minimum atomic E-state index is -0.0585. The number of hydrogen-bond acceptors (Lipinski definition) is 4. The summed E-state index contributed by atoms with van der Waals surface area (Å²) in [5.74, 6) is 2.83. The van der Waals surface area contributed by atoms with E-state index in [2.05, 4.69) is 38.4 Å². The standard InChI is InChI=1S/C22H27NO3/c1-6-13-16-17-11(2)12-7-8-14(24-5)18-15(12)22(16,9-10-23(17)4)20(25-18)19-21(13,3)26-19/h7-8,13,16-17,19-20H,2,6,9-10H2,1,3-5H3/t13-,16+,17-,19+,20+,21-,22-/m1/s1. The van der Waals surface area contributed by atoms with Crippen molar-refractivity contribution in [1.82, 2.24) is 4.90 Å². The topological polar surface area (TPSA) is 34.2 Å². The lowest BCUT2D eigenvalue weighted by atomic mass is 9.46. The molecule has 1 spiro atoms. The van der Waals surface area contributed by atoms with Crippen LogP contribution in [0.3, 0.4) is 0 Å². The van der Waals surface area contributed by atoms with Gasteiger partial charge in [-0.2, -0.15) is 0 Å². The van der Waals surface area contributed by atoms with Crippen LogP contribution in [0.25, 0.3) is 5.57 Å². The number of benzene rings is 1. The molecular formula is C22H27NO3. The fourth-order valence-electron chi connectivity index (χ4n) is 7.26. The maximum absolute atomic E-state index is 6.69. The predicted octanol–water partition coefficient (Wildman–Crippen LogP) is 3.24. The zero-order chi connectivity index (χ0) is 18.0. The molecule has 1 aromatic carbocycles. The van der Waals surface area contributed by atoms with Crippen LogP contribution in [0.15, 0.2) is 18.7 Å². The molecule has 0 aromatic heterocycles. The van der Waals surface area contributed by atoms with E-state index in [0.717, 1.165) is 30.9 Å². The molecule has 4 nitrogen and oxygen atoms in total. The molecule has 4 heteroatoms. The second-order valence-corrected chi connectivity index (χ2v) is 9.06. The predicted molar refractivity (Wildman–Crippen MR) is 99.7 cm³/mol. The van der Waals surface area contributed by atoms with Gasteiger partial charge in [0.2, 0.25) is 0 Å². The maximum Gasteiger partial charge on any atom is 0.166 e. The number of piperidine rings is 1. The van der Waals surface area contributed by atoms with Crippen LogP contribution < -0.4 is 9.47 Å². The summed E-state index contributed by atoms with van der Waals surface area (Å²) in [6.07, 6.45) is 2.57. The number of hydrogen-bond donors (Lipinski definition) is 0. The molecule has 138 valence electrons. The zero-order valence-corrected chi connectivity index (χ0v) is 16.0. The van der Waals surface area contributed by atoms with Gasteiger partial charge in [0.25, 0.3) is 0 Å². The highest BCUT2D eigenvalue weighted by atomic mass is 16.6. The van der Waals surface area contributed by atoms with Gasteiger partial charge in [-0.05, 0) is 56.0 Å². The summed E-state index contributed by atoms with van der Waals surface area (Å²) in [6, 6.07) is 4.63. The molecule has 0 radical (unpaired) electrons. The molecule has 0 N–H and O–H groups in total. The maximum atomic E-state index is 6.69. The average Bonchev–Trinajstić information content (AvgIpc) is 3.20. The SMILES string of the molecule is C=C1c2ccc(OC)c3c2[C@]24CCN(C)[C@H]1[C@@H]2[C@@H](CC)[C@@]1(C)O[C@H]1[C@@H]4O3. The normalized spacial score (nSPS) is 47.1. The van der Waals surface area contributed by atoms with Crippen molar-refractivity contribution in [2.75, 3.05) is 20.7 Å². The minimum Gasteiger partial charge on any atom is -0.493 e. The second kappa shape index (κ2) is 4.48. The first-order chi connectivity index (χ1) is 12.5. The van der Waals surface area contributed by atoms with Gasteiger partial charge in [-0.1, -0.05) is 26.0 Å². The molecule has 2 saturated heterocycles.